The predicted molar refractivity (Wildman–Crippen MR) is 113 cm³/mol. The highest BCUT2D eigenvalue weighted by Crippen LogP contribution is 2.28. The number of oxazole rings is 1. The number of likely N-dealkylation sites (tertiary alicyclic amines) is 1. The lowest BCUT2D eigenvalue weighted by Crippen LogP contribution is -2.39. The fourth-order valence-electron chi connectivity index (χ4n) is 3.84. The van der Waals surface area contributed by atoms with Gasteiger partial charge in [-0.3, -0.25) is 9.89 Å². The zero-order chi connectivity index (χ0) is 21.1. The van der Waals surface area contributed by atoms with Crippen LogP contribution in [0.15, 0.2) is 40.9 Å². The average molecular weight is 409 g/mol. The number of rotatable bonds is 6. The standard InChI is InChI=1S/C23H28N4O3/c1-15(2)20-12-21(26-25-20)23(28)27-9-5-7-17(14-27)22-24-13-19(30-22)11-16-6-4-8-18(10-16)29-3/h4,6,8,10,12-13,15,17H,5,7,9,11,14H2,1-3H3,(H,25,26). The molecule has 0 spiro atoms. The molecule has 0 radical (unpaired) electrons. The van der Waals surface area contributed by atoms with Crippen LogP contribution in [-0.2, 0) is 6.42 Å². The van der Waals surface area contributed by atoms with E-state index in [4.69, 9.17) is 9.15 Å². The monoisotopic (exact) mass is 408 g/mol. The Morgan fingerprint density at radius 1 is 1.37 bits per heavy atom. The number of hydrogen-bond acceptors (Lipinski definition) is 5. The van der Waals surface area contributed by atoms with E-state index >= 15 is 0 Å². The van der Waals surface area contributed by atoms with Gasteiger partial charge < -0.3 is 14.1 Å². The summed E-state index contributed by atoms with van der Waals surface area (Å²) in [5.74, 6) is 2.72. The summed E-state index contributed by atoms with van der Waals surface area (Å²) in [6, 6.07) is 9.79. The first-order chi connectivity index (χ1) is 14.5. The smallest absolute Gasteiger partial charge is 0.274 e. The molecule has 4 rings (SSSR count). The van der Waals surface area contributed by atoms with Crippen LogP contribution in [0.4, 0.5) is 0 Å². The third-order valence-electron chi connectivity index (χ3n) is 5.58. The maximum atomic E-state index is 12.9. The number of aromatic amines is 1. The molecule has 0 aliphatic carbocycles. The molecular weight excluding hydrogens is 380 g/mol. The Morgan fingerprint density at radius 3 is 3.00 bits per heavy atom. The number of carbonyl (C=O) groups is 1. The number of methoxy groups -OCH3 is 1. The van der Waals surface area contributed by atoms with Gasteiger partial charge in [0, 0.05) is 25.2 Å². The van der Waals surface area contributed by atoms with Gasteiger partial charge in [0.2, 0.25) is 0 Å². The first-order valence-corrected chi connectivity index (χ1v) is 10.5. The highest BCUT2D eigenvalue weighted by atomic mass is 16.5. The molecule has 3 aromatic rings. The van der Waals surface area contributed by atoms with E-state index in [0.717, 1.165) is 42.2 Å². The average Bonchev–Trinajstić information content (AvgIpc) is 3.44. The second-order valence-electron chi connectivity index (χ2n) is 8.15. The summed E-state index contributed by atoms with van der Waals surface area (Å²) in [6.45, 7) is 5.48. The fraction of sp³-hybridized carbons (Fsp3) is 0.435. The van der Waals surface area contributed by atoms with E-state index in [1.165, 1.54) is 0 Å². The van der Waals surface area contributed by atoms with Gasteiger partial charge in [0.1, 0.15) is 17.2 Å². The van der Waals surface area contributed by atoms with E-state index in [2.05, 4.69) is 29.0 Å². The molecule has 1 amide bonds. The van der Waals surface area contributed by atoms with Gasteiger partial charge in [-0.05, 0) is 42.5 Å². The number of aromatic nitrogens is 3. The lowest BCUT2D eigenvalue weighted by Gasteiger charge is -2.30. The van der Waals surface area contributed by atoms with Crippen LogP contribution in [0.5, 0.6) is 5.75 Å². The lowest BCUT2D eigenvalue weighted by molar-refractivity contribution is 0.0692. The molecular formula is C23H28N4O3. The maximum absolute atomic E-state index is 12.9. The molecule has 3 heterocycles. The summed E-state index contributed by atoms with van der Waals surface area (Å²) in [7, 11) is 1.66. The highest BCUT2D eigenvalue weighted by Gasteiger charge is 2.29. The van der Waals surface area contributed by atoms with Crippen molar-refractivity contribution in [2.75, 3.05) is 20.2 Å². The third kappa shape index (κ3) is 4.40. The van der Waals surface area contributed by atoms with Crippen molar-refractivity contribution in [2.45, 2.75) is 44.9 Å². The molecule has 1 saturated heterocycles. The van der Waals surface area contributed by atoms with Crippen LogP contribution in [0.1, 0.15) is 71.9 Å². The molecule has 7 nitrogen and oxygen atoms in total. The lowest BCUT2D eigenvalue weighted by atomic mass is 9.97. The van der Waals surface area contributed by atoms with Crippen LogP contribution < -0.4 is 4.74 Å². The Hall–Kier alpha value is -3.09. The van der Waals surface area contributed by atoms with Gasteiger partial charge in [-0.25, -0.2) is 4.98 Å². The van der Waals surface area contributed by atoms with E-state index in [9.17, 15) is 4.79 Å². The minimum atomic E-state index is -0.0361. The van der Waals surface area contributed by atoms with Crippen LogP contribution >= 0.6 is 0 Å². The van der Waals surface area contributed by atoms with Crippen molar-refractivity contribution < 1.29 is 13.9 Å². The zero-order valence-electron chi connectivity index (χ0n) is 17.7. The summed E-state index contributed by atoms with van der Waals surface area (Å²) in [5.41, 5.74) is 2.56. The number of nitrogens with one attached hydrogen (secondary N) is 1. The van der Waals surface area contributed by atoms with Gasteiger partial charge in [0.15, 0.2) is 5.89 Å². The molecule has 1 unspecified atom stereocenters. The van der Waals surface area contributed by atoms with Crippen molar-refractivity contribution in [2.24, 2.45) is 0 Å². The Labute approximate surface area is 176 Å². The molecule has 0 saturated carbocycles. The summed E-state index contributed by atoms with van der Waals surface area (Å²) >= 11 is 0. The van der Waals surface area contributed by atoms with Crippen LogP contribution in [0, 0.1) is 0 Å². The van der Waals surface area contributed by atoms with Crippen LogP contribution in [0.3, 0.4) is 0 Å². The molecule has 7 heteroatoms. The molecule has 0 bridgehead atoms. The summed E-state index contributed by atoms with van der Waals surface area (Å²) in [4.78, 5) is 19.3. The molecule has 1 aliphatic heterocycles. The van der Waals surface area contributed by atoms with E-state index in [-0.39, 0.29) is 11.8 Å². The first-order valence-electron chi connectivity index (χ1n) is 10.5. The Kier molecular flexibility index (Phi) is 5.88. The second kappa shape index (κ2) is 8.73. The first kappa shape index (κ1) is 20.2. The van der Waals surface area contributed by atoms with Crippen molar-refractivity contribution in [1.29, 1.82) is 0 Å². The van der Waals surface area contributed by atoms with E-state index in [1.54, 1.807) is 13.3 Å². The van der Waals surface area contributed by atoms with E-state index < -0.39 is 0 Å². The predicted octanol–water partition coefficient (Wildman–Crippen LogP) is 4.14. The minimum Gasteiger partial charge on any atom is -0.497 e. The molecule has 1 aromatic carbocycles. The van der Waals surface area contributed by atoms with Crippen LogP contribution in [0.2, 0.25) is 0 Å². The van der Waals surface area contributed by atoms with Gasteiger partial charge in [-0.15, -0.1) is 0 Å². The number of carbonyl (C=O) groups excluding carboxylic acids is 1. The third-order valence-corrected chi connectivity index (χ3v) is 5.58. The summed E-state index contributed by atoms with van der Waals surface area (Å²) < 4.78 is 11.3. The number of hydrogen-bond donors (Lipinski definition) is 1. The molecule has 30 heavy (non-hydrogen) atoms. The molecule has 1 N–H and O–H groups in total. The second-order valence-corrected chi connectivity index (χ2v) is 8.15. The number of benzene rings is 1. The van der Waals surface area contributed by atoms with Gasteiger partial charge in [-0.1, -0.05) is 26.0 Å². The Morgan fingerprint density at radius 2 is 2.23 bits per heavy atom. The van der Waals surface area contributed by atoms with Gasteiger partial charge in [0.05, 0.1) is 19.2 Å². The van der Waals surface area contributed by atoms with Crippen molar-refractivity contribution in [3.05, 3.63) is 65.1 Å². The number of piperidine rings is 1. The number of nitrogens with zero attached hydrogens (tertiary/aromatic N) is 3. The van der Waals surface area contributed by atoms with Gasteiger partial charge in [-0.2, -0.15) is 5.10 Å². The normalized spacial score (nSPS) is 16.8. The molecule has 1 aliphatic rings. The molecule has 2 aromatic heterocycles. The highest BCUT2D eigenvalue weighted by molar-refractivity contribution is 5.92. The zero-order valence-corrected chi connectivity index (χ0v) is 17.7. The summed E-state index contributed by atoms with van der Waals surface area (Å²) in [6.07, 6.45) is 4.33. The van der Waals surface area contributed by atoms with Gasteiger partial charge in [0.25, 0.3) is 5.91 Å². The summed E-state index contributed by atoms with van der Waals surface area (Å²) in [5, 5.41) is 7.18. The molecule has 1 atom stereocenters. The van der Waals surface area contributed by atoms with Crippen LogP contribution in [0.25, 0.3) is 0 Å². The maximum Gasteiger partial charge on any atom is 0.274 e. The van der Waals surface area contributed by atoms with Crippen LogP contribution in [-0.4, -0.2) is 46.2 Å². The number of H-pyrrole nitrogens is 1. The number of amides is 1. The topological polar surface area (TPSA) is 84.2 Å². The SMILES string of the molecule is COc1cccc(Cc2cnc(C3CCCN(C(=O)c4cc(C(C)C)[nH]n4)C3)o2)c1. The van der Waals surface area contributed by atoms with Gasteiger partial charge >= 0.3 is 0 Å². The minimum absolute atomic E-state index is 0.0361. The Bertz CT molecular complexity index is 1010. The quantitative estimate of drug-likeness (QED) is 0.663. The van der Waals surface area contributed by atoms with Crippen molar-refractivity contribution in [3.8, 4) is 5.75 Å². The molecule has 158 valence electrons. The molecule has 1 fully saturated rings. The van der Waals surface area contributed by atoms with Crippen molar-refractivity contribution in [3.63, 3.8) is 0 Å². The fourth-order valence-corrected chi connectivity index (χ4v) is 3.84. The van der Waals surface area contributed by atoms with E-state index in [1.807, 2.05) is 35.2 Å². The largest absolute Gasteiger partial charge is 0.497 e. The number of ether oxygens (including phenoxy) is 1. The van der Waals surface area contributed by atoms with E-state index in [0.29, 0.717) is 30.5 Å². The van der Waals surface area contributed by atoms with Crippen molar-refractivity contribution in [1.82, 2.24) is 20.1 Å². The Balaban J connectivity index is 1.42. The van der Waals surface area contributed by atoms with Crippen molar-refractivity contribution >= 4 is 5.91 Å².